The van der Waals surface area contributed by atoms with Crippen molar-refractivity contribution in [3.63, 3.8) is 0 Å². The zero-order valence-electron chi connectivity index (χ0n) is 16.9. The number of hydrogen-bond acceptors (Lipinski definition) is 5. The Morgan fingerprint density at radius 2 is 2.03 bits per heavy atom. The summed E-state index contributed by atoms with van der Waals surface area (Å²) in [6, 6.07) is 3.66. The van der Waals surface area contributed by atoms with Crippen LogP contribution in [0.3, 0.4) is 0 Å². The summed E-state index contributed by atoms with van der Waals surface area (Å²) in [5, 5.41) is 3.42. The Labute approximate surface area is 195 Å². The van der Waals surface area contributed by atoms with Gasteiger partial charge < -0.3 is 15.0 Å². The largest absolute Gasteiger partial charge is 0.381 e. The van der Waals surface area contributed by atoms with Crippen molar-refractivity contribution < 1.29 is 13.2 Å². The molecule has 1 spiro atoms. The Balaban J connectivity index is 0.00000240. The van der Waals surface area contributed by atoms with E-state index in [0.29, 0.717) is 23.8 Å². The van der Waals surface area contributed by atoms with Crippen molar-refractivity contribution in [2.75, 3.05) is 46.4 Å². The van der Waals surface area contributed by atoms with E-state index >= 15 is 0 Å². The van der Waals surface area contributed by atoms with E-state index in [9.17, 15) is 8.42 Å². The summed E-state index contributed by atoms with van der Waals surface area (Å²) < 4.78 is 33.3. The first-order valence-corrected chi connectivity index (χ1v) is 12.4. The predicted molar refractivity (Wildman–Crippen MR) is 127 cm³/mol. The second-order valence-corrected chi connectivity index (χ2v) is 11.4. The molecule has 0 saturated carbocycles. The van der Waals surface area contributed by atoms with Crippen LogP contribution in [0.1, 0.15) is 37.0 Å². The van der Waals surface area contributed by atoms with Gasteiger partial charge >= 0.3 is 0 Å². The number of aliphatic imine (C=N–C) groups is 1. The van der Waals surface area contributed by atoms with E-state index in [4.69, 9.17) is 4.74 Å². The molecular formula is C19H31IN4O3S2. The maximum absolute atomic E-state index is 12.8. The topological polar surface area (TPSA) is 74.2 Å². The smallest absolute Gasteiger partial charge is 0.252 e. The SMILES string of the molecule is CN=C(NCc1ccc(S(=O)(=O)N2CCCCC2)s1)N1CCC2(CCOC2)C1.I. The zero-order chi connectivity index (χ0) is 19.6. The first kappa shape index (κ1) is 23.2. The molecule has 3 fully saturated rings. The van der Waals surface area contributed by atoms with Crippen LogP contribution in [0.15, 0.2) is 21.3 Å². The van der Waals surface area contributed by atoms with Gasteiger partial charge in [0.1, 0.15) is 4.21 Å². The fraction of sp³-hybridized carbons (Fsp3) is 0.737. The number of thiophene rings is 1. The monoisotopic (exact) mass is 554 g/mol. The minimum absolute atomic E-state index is 0. The molecule has 1 aromatic heterocycles. The average molecular weight is 555 g/mol. The van der Waals surface area contributed by atoms with Crippen LogP contribution in [0.2, 0.25) is 0 Å². The number of guanidine groups is 1. The summed E-state index contributed by atoms with van der Waals surface area (Å²) in [6.45, 7) is 5.55. The average Bonchev–Trinajstić information content (AvgIpc) is 3.46. The van der Waals surface area contributed by atoms with Gasteiger partial charge in [0, 0.05) is 50.1 Å². The van der Waals surface area contributed by atoms with Gasteiger partial charge in [-0.25, -0.2) is 8.42 Å². The van der Waals surface area contributed by atoms with Crippen LogP contribution >= 0.6 is 35.3 Å². The fourth-order valence-electron chi connectivity index (χ4n) is 4.41. The van der Waals surface area contributed by atoms with Crippen molar-refractivity contribution in [3.8, 4) is 0 Å². The van der Waals surface area contributed by atoms with E-state index in [-0.39, 0.29) is 29.4 Å². The van der Waals surface area contributed by atoms with Crippen molar-refractivity contribution in [1.82, 2.24) is 14.5 Å². The highest BCUT2D eigenvalue weighted by atomic mass is 127. The van der Waals surface area contributed by atoms with E-state index < -0.39 is 10.0 Å². The van der Waals surface area contributed by atoms with E-state index in [1.165, 1.54) is 11.3 Å². The van der Waals surface area contributed by atoms with Crippen LogP contribution in [-0.2, 0) is 21.3 Å². The van der Waals surface area contributed by atoms with Gasteiger partial charge in [0.05, 0.1) is 13.2 Å². The van der Waals surface area contributed by atoms with Crippen molar-refractivity contribution in [3.05, 3.63) is 17.0 Å². The number of nitrogens with zero attached hydrogens (tertiary/aromatic N) is 3. The molecule has 0 amide bonds. The molecule has 4 heterocycles. The molecule has 1 N–H and O–H groups in total. The quantitative estimate of drug-likeness (QED) is 0.352. The van der Waals surface area contributed by atoms with E-state index in [0.717, 1.165) is 69.2 Å². The van der Waals surface area contributed by atoms with E-state index in [1.807, 2.05) is 6.07 Å². The van der Waals surface area contributed by atoms with Crippen LogP contribution < -0.4 is 5.32 Å². The number of ether oxygens (including phenoxy) is 1. The summed E-state index contributed by atoms with van der Waals surface area (Å²) in [5.74, 6) is 0.887. The molecule has 164 valence electrons. The molecule has 29 heavy (non-hydrogen) atoms. The van der Waals surface area contributed by atoms with Gasteiger partial charge in [0.25, 0.3) is 10.0 Å². The third kappa shape index (κ3) is 5.08. The Kier molecular flexibility index (Phi) is 7.85. The van der Waals surface area contributed by atoms with Crippen LogP contribution in [-0.4, -0.2) is 70.0 Å². The molecule has 3 saturated heterocycles. The first-order valence-electron chi connectivity index (χ1n) is 10.1. The summed E-state index contributed by atoms with van der Waals surface area (Å²) in [6.07, 6.45) is 5.30. The molecule has 0 aliphatic carbocycles. The Morgan fingerprint density at radius 3 is 2.72 bits per heavy atom. The number of likely N-dealkylation sites (tertiary alicyclic amines) is 1. The lowest BCUT2D eigenvalue weighted by atomic mass is 9.87. The minimum Gasteiger partial charge on any atom is -0.381 e. The standard InChI is InChI=1S/C19H30N4O3S2.HI/c1-20-18(22-11-7-19(14-22)8-12-26-15-19)21-13-16-5-6-17(27-16)28(24,25)23-9-3-2-4-10-23;/h5-6H,2-4,7-15H2,1H3,(H,20,21);1H. The highest BCUT2D eigenvalue weighted by Gasteiger charge is 2.42. The molecule has 0 radical (unpaired) electrons. The second kappa shape index (κ2) is 9.80. The molecule has 3 aliphatic heterocycles. The molecule has 0 aromatic carbocycles. The number of rotatable bonds is 4. The van der Waals surface area contributed by atoms with Crippen molar-refractivity contribution in [2.24, 2.45) is 10.4 Å². The molecule has 0 bridgehead atoms. The molecule has 7 nitrogen and oxygen atoms in total. The summed E-state index contributed by atoms with van der Waals surface area (Å²) >= 11 is 1.36. The maximum atomic E-state index is 12.8. The number of nitrogens with one attached hydrogen (secondary N) is 1. The van der Waals surface area contributed by atoms with Gasteiger partial charge in [0.2, 0.25) is 0 Å². The van der Waals surface area contributed by atoms with Gasteiger partial charge in [-0.1, -0.05) is 6.42 Å². The fourth-order valence-corrected chi connectivity index (χ4v) is 7.38. The Morgan fingerprint density at radius 1 is 1.24 bits per heavy atom. The number of hydrogen-bond donors (Lipinski definition) is 1. The zero-order valence-corrected chi connectivity index (χ0v) is 20.9. The summed E-state index contributed by atoms with van der Waals surface area (Å²) in [5.41, 5.74) is 0.288. The highest BCUT2D eigenvalue weighted by molar-refractivity contribution is 14.0. The van der Waals surface area contributed by atoms with Crippen LogP contribution in [0.25, 0.3) is 0 Å². The molecule has 3 aliphatic rings. The molecular weight excluding hydrogens is 523 g/mol. The summed E-state index contributed by atoms with van der Waals surface area (Å²) in [4.78, 5) is 7.75. The predicted octanol–water partition coefficient (Wildman–Crippen LogP) is 2.73. The normalized spacial score (nSPS) is 26.1. The van der Waals surface area contributed by atoms with Crippen LogP contribution in [0.4, 0.5) is 0 Å². The number of piperidine rings is 1. The summed E-state index contributed by atoms with van der Waals surface area (Å²) in [7, 11) is -1.54. The van der Waals surface area contributed by atoms with Gasteiger partial charge in [0.15, 0.2) is 5.96 Å². The van der Waals surface area contributed by atoms with Gasteiger partial charge in [-0.2, -0.15) is 4.31 Å². The Bertz CT molecular complexity index is 815. The molecule has 4 rings (SSSR count). The van der Waals surface area contributed by atoms with Crippen molar-refractivity contribution in [2.45, 2.75) is 42.9 Å². The number of sulfonamides is 1. The van der Waals surface area contributed by atoms with Crippen LogP contribution in [0, 0.1) is 5.41 Å². The van der Waals surface area contributed by atoms with Crippen molar-refractivity contribution >= 4 is 51.3 Å². The molecule has 10 heteroatoms. The lowest BCUT2D eigenvalue weighted by molar-refractivity contribution is 0.156. The first-order chi connectivity index (χ1) is 13.5. The van der Waals surface area contributed by atoms with E-state index in [1.54, 1.807) is 17.4 Å². The highest BCUT2D eigenvalue weighted by Crippen LogP contribution is 2.38. The third-order valence-electron chi connectivity index (χ3n) is 6.10. The minimum atomic E-state index is -3.35. The van der Waals surface area contributed by atoms with Gasteiger partial charge in [-0.05, 0) is 37.8 Å². The molecule has 1 aromatic rings. The lowest BCUT2D eigenvalue weighted by Gasteiger charge is -2.25. The maximum Gasteiger partial charge on any atom is 0.252 e. The second-order valence-electron chi connectivity index (χ2n) is 8.06. The molecule has 1 unspecified atom stereocenters. The van der Waals surface area contributed by atoms with Crippen molar-refractivity contribution in [1.29, 1.82) is 0 Å². The molecule has 1 atom stereocenters. The van der Waals surface area contributed by atoms with Gasteiger partial charge in [-0.3, -0.25) is 4.99 Å². The lowest BCUT2D eigenvalue weighted by Crippen LogP contribution is -2.41. The third-order valence-corrected chi connectivity index (χ3v) is 9.55. The number of halogens is 1. The van der Waals surface area contributed by atoms with Crippen LogP contribution in [0.5, 0.6) is 0 Å². The van der Waals surface area contributed by atoms with E-state index in [2.05, 4.69) is 15.2 Å². The van der Waals surface area contributed by atoms with Gasteiger partial charge in [-0.15, -0.1) is 35.3 Å². The Hall–Kier alpha value is -0.430.